The Balaban J connectivity index is 2.22. The molecule has 0 atom stereocenters. The zero-order valence-corrected chi connectivity index (χ0v) is 7.89. The van der Waals surface area contributed by atoms with Crippen molar-refractivity contribution in [3.8, 4) is 0 Å². The van der Waals surface area contributed by atoms with E-state index in [-0.39, 0.29) is 0 Å². The molecule has 66 valence electrons. The highest BCUT2D eigenvalue weighted by Crippen LogP contribution is 2.24. The number of nitrogens with zero attached hydrogens (tertiary/aromatic N) is 2. The second kappa shape index (κ2) is 2.59. The first-order chi connectivity index (χ1) is 5.68. The number of aromatic nitrogens is 2. The minimum absolute atomic E-state index is 0.624. The molecule has 3 heteroatoms. The molecule has 0 saturated heterocycles. The first-order valence-electron chi connectivity index (χ1n) is 4.45. The lowest BCUT2D eigenvalue weighted by molar-refractivity contribution is 0.224. The number of aryl methyl sites for hydroxylation is 1. The minimum Gasteiger partial charge on any atom is -0.291 e. The van der Waals surface area contributed by atoms with Crippen LogP contribution >= 0.6 is 0 Å². The van der Waals surface area contributed by atoms with Crippen molar-refractivity contribution < 1.29 is 0 Å². The molecule has 1 aromatic heterocycles. The summed E-state index contributed by atoms with van der Waals surface area (Å²) in [6.07, 6.45) is 0. The van der Waals surface area contributed by atoms with Crippen molar-refractivity contribution in [3.05, 3.63) is 17.0 Å². The van der Waals surface area contributed by atoms with Gasteiger partial charge in [0.2, 0.25) is 0 Å². The highest BCUT2D eigenvalue weighted by atomic mass is 15.2. The van der Waals surface area contributed by atoms with E-state index >= 15 is 0 Å². The Hall–Kier alpha value is -0.830. The Morgan fingerprint density at radius 1 is 1.42 bits per heavy atom. The van der Waals surface area contributed by atoms with Crippen LogP contribution in [0.5, 0.6) is 0 Å². The first-order valence-corrected chi connectivity index (χ1v) is 4.45. The van der Waals surface area contributed by atoms with Gasteiger partial charge in [-0.2, -0.15) is 5.10 Å². The fraction of sp³-hybridized carbons (Fsp3) is 0.667. The molecular formula is C9H15N3. The smallest absolute Gasteiger partial charge is 0.0810 e. The van der Waals surface area contributed by atoms with Crippen molar-refractivity contribution in [2.45, 2.75) is 39.9 Å². The average molecular weight is 165 g/mol. The van der Waals surface area contributed by atoms with E-state index in [4.69, 9.17) is 0 Å². The maximum absolute atomic E-state index is 4.26. The van der Waals surface area contributed by atoms with Gasteiger partial charge in [0.25, 0.3) is 0 Å². The zero-order chi connectivity index (χ0) is 8.72. The van der Waals surface area contributed by atoms with Gasteiger partial charge in [-0.3, -0.25) is 10.00 Å². The van der Waals surface area contributed by atoms with E-state index in [2.05, 4.69) is 35.9 Å². The lowest BCUT2D eigenvalue weighted by atomic mass is 10.2. The molecule has 0 spiro atoms. The standard InChI is InChI=1S/C9H15N3/c1-6(2)12-4-8-7(3)10-11-9(8)5-12/h6H,4-5H2,1-3H3,(H,10,11). The fourth-order valence-corrected chi connectivity index (χ4v) is 1.66. The second-order valence-corrected chi connectivity index (χ2v) is 3.77. The van der Waals surface area contributed by atoms with Crippen molar-refractivity contribution in [3.63, 3.8) is 0 Å². The van der Waals surface area contributed by atoms with Gasteiger partial charge in [-0.15, -0.1) is 0 Å². The molecule has 1 aromatic rings. The normalized spacial score (nSPS) is 17.3. The summed E-state index contributed by atoms with van der Waals surface area (Å²) in [5, 5.41) is 7.28. The van der Waals surface area contributed by atoms with Crippen LogP contribution in [0.15, 0.2) is 0 Å². The van der Waals surface area contributed by atoms with Gasteiger partial charge in [0.05, 0.1) is 5.69 Å². The predicted octanol–water partition coefficient (Wildman–Crippen LogP) is 1.44. The number of hydrogen-bond acceptors (Lipinski definition) is 2. The summed E-state index contributed by atoms with van der Waals surface area (Å²) in [7, 11) is 0. The fourth-order valence-electron chi connectivity index (χ4n) is 1.66. The van der Waals surface area contributed by atoms with Gasteiger partial charge in [-0.1, -0.05) is 0 Å². The maximum atomic E-state index is 4.26. The quantitative estimate of drug-likeness (QED) is 0.683. The van der Waals surface area contributed by atoms with Crippen LogP contribution in [0.3, 0.4) is 0 Å². The van der Waals surface area contributed by atoms with Crippen molar-refractivity contribution in [1.82, 2.24) is 15.1 Å². The van der Waals surface area contributed by atoms with Gasteiger partial charge >= 0.3 is 0 Å². The molecule has 0 radical (unpaired) electrons. The third-order valence-corrected chi connectivity index (χ3v) is 2.60. The molecule has 12 heavy (non-hydrogen) atoms. The van der Waals surface area contributed by atoms with E-state index in [9.17, 15) is 0 Å². The minimum atomic E-state index is 0.624. The number of fused-ring (bicyclic) bond motifs is 1. The Morgan fingerprint density at radius 3 is 2.75 bits per heavy atom. The summed E-state index contributed by atoms with van der Waals surface area (Å²) >= 11 is 0. The summed E-state index contributed by atoms with van der Waals surface area (Å²) in [6, 6.07) is 0.624. The maximum Gasteiger partial charge on any atom is 0.0810 e. The van der Waals surface area contributed by atoms with Crippen LogP contribution in [0, 0.1) is 6.92 Å². The largest absolute Gasteiger partial charge is 0.291 e. The van der Waals surface area contributed by atoms with Gasteiger partial charge < -0.3 is 0 Å². The summed E-state index contributed by atoms with van der Waals surface area (Å²) in [5.41, 5.74) is 3.87. The molecule has 0 unspecified atom stereocenters. The number of aromatic amines is 1. The van der Waals surface area contributed by atoms with Crippen LogP contribution in [0.1, 0.15) is 30.8 Å². The molecule has 1 N–H and O–H groups in total. The highest BCUT2D eigenvalue weighted by molar-refractivity contribution is 5.27. The van der Waals surface area contributed by atoms with Gasteiger partial charge in [0.1, 0.15) is 0 Å². The molecule has 0 amide bonds. The average Bonchev–Trinajstić information content (AvgIpc) is 2.53. The lowest BCUT2D eigenvalue weighted by Crippen LogP contribution is -2.25. The van der Waals surface area contributed by atoms with Crippen LogP contribution in [0.4, 0.5) is 0 Å². The van der Waals surface area contributed by atoms with Gasteiger partial charge in [0.15, 0.2) is 0 Å². The monoisotopic (exact) mass is 165 g/mol. The molecule has 0 bridgehead atoms. The van der Waals surface area contributed by atoms with Crippen molar-refractivity contribution >= 4 is 0 Å². The van der Waals surface area contributed by atoms with Crippen molar-refractivity contribution in [1.29, 1.82) is 0 Å². The number of nitrogens with one attached hydrogen (secondary N) is 1. The molecule has 1 aliphatic rings. The van der Waals surface area contributed by atoms with Crippen LogP contribution in [0.2, 0.25) is 0 Å². The summed E-state index contributed by atoms with van der Waals surface area (Å²) < 4.78 is 0. The number of H-pyrrole nitrogens is 1. The zero-order valence-electron chi connectivity index (χ0n) is 7.89. The topological polar surface area (TPSA) is 31.9 Å². The van der Waals surface area contributed by atoms with Gasteiger partial charge in [-0.05, 0) is 20.8 Å². The van der Waals surface area contributed by atoms with Gasteiger partial charge in [0, 0.05) is 30.4 Å². The van der Waals surface area contributed by atoms with Crippen LogP contribution < -0.4 is 0 Å². The van der Waals surface area contributed by atoms with E-state index in [1.807, 2.05) is 0 Å². The predicted molar refractivity (Wildman–Crippen MR) is 47.7 cm³/mol. The molecule has 0 fully saturated rings. The summed E-state index contributed by atoms with van der Waals surface area (Å²) in [5.74, 6) is 0. The second-order valence-electron chi connectivity index (χ2n) is 3.77. The number of hydrogen-bond donors (Lipinski definition) is 1. The Bertz CT molecular complexity index is 288. The van der Waals surface area contributed by atoms with Crippen LogP contribution in [0.25, 0.3) is 0 Å². The molecule has 0 aliphatic carbocycles. The van der Waals surface area contributed by atoms with Gasteiger partial charge in [-0.25, -0.2) is 0 Å². The Morgan fingerprint density at radius 2 is 2.17 bits per heavy atom. The van der Waals surface area contributed by atoms with E-state index < -0.39 is 0 Å². The third-order valence-electron chi connectivity index (χ3n) is 2.60. The molecule has 2 heterocycles. The van der Waals surface area contributed by atoms with Crippen LogP contribution in [-0.4, -0.2) is 21.1 Å². The molecule has 2 rings (SSSR count). The summed E-state index contributed by atoms with van der Waals surface area (Å²) in [4.78, 5) is 2.43. The third kappa shape index (κ3) is 1.05. The van der Waals surface area contributed by atoms with E-state index in [0.29, 0.717) is 6.04 Å². The number of rotatable bonds is 1. The Labute approximate surface area is 72.8 Å². The van der Waals surface area contributed by atoms with Crippen LogP contribution in [-0.2, 0) is 13.1 Å². The van der Waals surface area contributed by atoms with E-state index in [1.54, 1.807) is 0 Å². The molecule has 3 nitrogen and oxygen atoms in total. The first kappa shape index (κ1) is 7.80. The van der Waals surface area contributed by atoms with Crippen molar-refractivity contribution in [2.75, 3.05) is 0 Å². The van der Waals surface area contributed by atoms with E-state index in [1.165, 1.54) is 17.0 Å². The molecular weight excluding hydrogens is 150 g/mol. The molecule has 1 aliphatic heterocycles. The SMILES string of the molecule is Cc1[nH]nc2c1CN(C(C)C)C2. The van der Waals surface area contributed by atoms with E-state index in [0.717, 1.165) is 13.1 Å². The molecule has 0 aromatic carbocycles. The lowest BCUT2D eigenvalue weighted by Gasteiger charge is -2.19. The highest BCUT2D eigenvalue weighted by Gasteiger charge is 2.24. The molecule has 0 saturated carbocycles. The summed E-state index contributed by atoms with van der Waals surface area (Å²) in [6.45, 7) is 8.62. The Kier molecular flexibility index (Phi) is 1.68. The van der Waals surface area contributed by atoms with Crippen molar-refractivity contribution in [2.24, 2.45) is 0 Å².